The molecule has 0 aliphatic rings. The van der Waals surface area contributed by atoms with Crippen LogP contribution in [-0.2, 0) is 6.54 Å². The molecule has 0 aliphatic carbocycles. The minimum atomic E-state index is -1.32. The summed E-state index contributed by atoms with van der Waals surface area (Å²) in [5.41, 5.74) is -1.61. The van der Waals surface area contributed by atoms with Gasteiger partial charge in [-0.25, -0.2) is 9.59 Å². The van der Waals surface area contributed by atoms with Crippen LogP contribution in [0, 0.1) is 0 Å². The number of carboxylic acids is 1. The van der Waals surface area contributed by atoms with Crippen molar-refractivity contribution in [2.45, 2.75) is 33.4 Å². The first-order valence-corrected chi connectivity index (χ1v) is 4.99. The van der Waals surface area contributed by atoms with Crippen molar-refractivity contribution in [1.82, 2.24) is 9.13 Å². The molecule has 88 valence electrons. The van der Waals surface area contributed by atoms with Crippen LogP contribution in [0.15, 0.2) is 15.8 Å². The van der Waals surface area contributed by atoms with E-state index in [1.54, 1.807) is 20.8 Å². The van der Waals surface area contributed by atoms with Crippen molar-refractivity contribution >= 4 is 5.97 Å². The third kappa shape index (κ3) is 1.91. The molecule has 1 heterocycles. The Hall–Kier alpha value is -1.85. The zero-order chi connectivity index (χ0) is 12.5. The van der Waals surface area contributed by atoms with Gasteiger partial charge >= 0.3 is 11.7 Å². The Balaban J connectivity index is 3.71. The van der Waals surface area contributed by atoms with Crippen LogP contribution in [0.1, 0.15) is 37.2 Å². The van der Waals surface area contributed by atoms with Gasteiger partial charge < -0.3 is 5.11 Å². The molecule has 0 spiro atoms. The molecule has 1 aromatic rings. The molecule has 0 atom stereocenters. The summed E-state index contributed by atoms with van der Waals surface area (Å²) in [6.07, 6.45) is 1.10. The van der Waals surface area contributed by atoms with Crippen LogP contribution in [0.2, 0.25) is 0 Å². The highest BCUT2D eigenvalue weighted by molar-refractivity contribution is 5.86. The molecule has 16 heavy (non-hydrogen) atoms. The van der Waals surface area contributed by atoms with Crippen molar-refractivity contribution in [1.29, 1.82) is 0 Å². The van der Waals surface area contributed by atoms with Crippen LogP contribution in [0.25, 0.3) is 0 Å². The summed E-state index contributed by atoms with van der Waals surface area (Å²) >= 11 is 0. The monoisotopic (exact) mass is 226 g/mol. The maximum absolute atomic E-state index is 11.8. The molecule has 6 heteroatoms. The van der Waals surface area contributed by atoms with E-state index < -0.39 is 17.2 Å². The van der Waals surface area contributed by atoms with Gasteiger partial charge in [-0.05, 0) is 20.8 Å². The molecule has 0 saturated carbocycles. The lowest BCUT2D eigenvalue weighted by molar-refractivity contribution is 0.0692. The lowest BCUT2D eigenvalue weighted by Gasteiger charge is -2.12. The number of rotatable bonds is 3. The number of aromatic nitrogens is 2. The summed E-state index contributed by atoms with van der Waals surface area (Å²) in [5.74, 6) is -1.32. The van der Waals surface area contributed by atoms with Gasteiger partial charge in [0.25, 0.3) is 5.56 Å². The fourth-order valence-corrected chi connectivity index (χ4v) is 1.42. The van der Waals surface area contributed by atoms with Crippen molar-refractivity contribution < 1.29 is 9.90 Å². The predicted molar refractivity (Wildman–Crippen MR) is 58.0 cm³/mol. The molecule has 0 amide bonds. The molecular weight excluding hydrogens is 212 g/mol. The Morgan fingerprint density at radius 2 is 2.00 bits per heavy atom. The van der Waals surface area contributed by atoms with E-state index in [1.165, 1.54) is 4.57 Å². The Morgan fingerprint density at radius 3 is 2.38 bits per heavy atom. The first kappa shape index (κ1) is 12.2. The van der Waals surface area contributed by atoms with Crippen molar-refractivity contribution in [3.8, 4) is 0 Å². The average molecular weight is 226 g/mol. The van der Waals surface area contributed by atoms with Gasteiger partial charge in [-0.3, -0.25) is 13.9 Å². The standard InChI is InChI=1S/C10H14N2O4/c1-4-11-8(13)7(9(14)15)5-12(6(2)3)10(11)16/h5-6H,4H2,1-3H3,(H,14,15). The summed E-state index contributed by atoms with van der Waals surface area (Å²) < 4.78 is 2.16. The number of aromatic carboxylic acids is 1. The zero-order valence-electron chi connectivity index (χ0n) is 9.43. The van der Waals surface area contributed by atoms with Crippen LogP contribution in [-0.4, -0.2) is 20.2 Å². The van der Waals surface area contributed by atoms with E-state index >= 15 is 0 Å². The molecule has 0 radical (unpaired) electrons. The number of carboxylic acid groups (broad SMARTS) is 1. The molecule has 0 aliphatic heterocycles. The second kappa shape index (κ2) is 4.34. The van der Waals surface area contributed by atoms with E-state index in [2.05, 4.69) is 0 Å². The SMILES string of the molecule is CCn1c(=O)c(C(=O)O)cn(C(C)C)c1=O. The van der Waals surface area contributed by atoms with E-state index in [0.717, 1.165) is 10.8 Å². The Bertz CT molecular complexity index is 525. The third-order valence-electron chi connectivity index (χ3n) is 2.30. The second-order valence-corrected chi connectivity index (χ2v) is 3.68. The van der Waals surface area contributed by atoms with Gasteiger partial charge in [0, 0.05) is 18.8 Å². The minimum Gasteiger partial charge on any atom is -0.477 e. The molecule has 0 bridgehead atoms. The summed E-state index contributed by atoms with van der Waals surface area (Å²) in [6.45, 7) is 5.28. The quantitative estimate of drug-likeness (QED) is 0.804. The van der Waals surface area contributed by atoms with Gasteiger partial charge in [0.15, 0.2) is 0 Å². The molecule has 1 aromatic heterocycles. The van der Waals surface area contributed by atoms with Crippen LogP contribution in [0.5, 0.6) is 0 Å². The molecule has 0 unspecified atom stereocenters. The second-order valence-electron chi connectivity index (χ2n) is 3.68. The molecular formula is C10H14N2O4. The van der Waals surface area contributed by atoms with Crippen LogP contribution >= 0.6 is 0 Å². The Morgan fingerprint density at radius 1 is 1.44 bits per heavy atom. The Labute approximate surface area is 91.8 Å². The molecule has 1 N–H and O–H groups in total. The van der Waals surface area contributed by atoms with Crippen LogP contribution in [0.3, 0.4) is 0 Å². The van der Waals surface area contributed by atoms with Crippen molar-refractivity contribution in [3.05, 3.63) is 32.6 Å². The highest BCUT2D eigenvalue weighted by atomic mass is 16.4. The van der Waals surface area contributed by atoms with E-state index in [4.69, 9.17) is 5.11 Å². The number of carbonyl (C=O) groups is 1. The topological polar surface area (TPSA) is 81.3 Å². The largest absolute Gasteiger partial charge is 0.477 e. The zero-order valence-corrected chi connectivity index (χ0v) is 9.43. The summed E-state index contributed by atoms with van der Waals surface area (Å²) in [5, 5.41) is 8.85. The lowest BCUT2D eigenvalue weighted by atomic mass is 10.3. The lowest BCUT2D eigenvalue weighted by Crippen LogP contribution is -2.42. The van der Waals surface area contributed by atoms with E-state index in [9.17, 15) is 14.4 Å². The maximum atomic E-state index is 11.8. The van der Waals surface area contributed by atoms with E-state index in [0.29, 0.717) is 0 Å². The Kier molecular flexibility index (Phi) is 3.31. The predicted octanol–water partition coefficient (Wildman–Crippen LogP) is 0.309. The highest BCUT2D eigenvalue weighted by Gasteiger charge is 2.16. The molecule has 0 fully saturated rings. The van der Waals surface area contributed by atoms with E-state index in [-0.39, 0.29) is 18.2 Å². The van der Waals surface area contributed by atoms with E-state index in [1.807, 2.05) is 0 Å². The maximum Gasteiger partial charge on any atom is 0.342 e. The molecule has 6 nitrogen and oxygen atoms in total. The average Bonchev–Trinajstić information content (AvgIpc) is 2.17. The van der Waals surface area contributed by atoms with Gasteiger partial charge in [0.05, 0.1) is 0 Å². The number of hydrogen-bond donors (Lipinski definition) is 1. The highest BCUT2D eigenvalue weighted by Crippen LogP contribution is 2.00. The number of nitrogens with zero attached hydrogens (tertiary/aromatic N) is 2. The normalized spacial score (nSPS) is 10.8. The van der Waals surface area contributed by atoms with Crippen LogP contribution < -0.4 is 11.2 Å². The van der Waals surface area contributed by atoms with Crippen molar-refractivity contribution in [3.63, 3.8) is 0 Å². The summed E-state index contributed by atoms with van der Waals surface area (Å²) in [4.78, 5) is 34.2. The summed E-state index contributed by atoms with van der Waals surface area (Å²) in [6, 6.07) is -0.191. The molecule has 0 saturated heterocycles. The van der Waals surface area contributed by atoms with Gasteiger partial charge in [-0.15, -0.1) is 0 Å². The minimum absolute atomic E-state index is 0.158. The summed E-state index contributed by atoms with van der Waals surface area (Å²) in [7, 11) is 0. The van der Waals surface area contributed by atoms with Gasteiger partial charge in [-0.2, -0.15) is 0 Å². The van der Waals surface area contributed by atoms with Crippen LogP contribution in [0.4, 0.5) is 0 Å². The smallest absolute Gasteiger partial charge is 0.342 e. The third-order valence-corrected chi connectivity index (χ3v) is 2.30. The van der Waals surface area contributed by atoms with Crippen molar-refractivity contribution in [2.75, 3.05) is 0 Å². The fraction of sp³-hybridized carbons (Fsp3) is 0.500. The first-order valence-electron chi connectivity index (χ1n) is 4.99. The van der Waals surface area contributed by atoms with Gasteiger partial charge in [-0.1, -0.05) is 0 Å². The number of hydrogen-bond acceptors (Lipinski definition) is 3. The molecule has 1 rings (SSSR count). The molecule has 0 aromatic carbocycles. The van der Waals surface area contributed by atoms with Gasteiger partial charge in [0.1, 0.15) is 5.56 Å². The first-order chi connectivity index (χ1) is 7.40. The van der Waals surface area contributed by atoms with Crippen molar-refractivity contribution in [2.24, 2.45) is 0 Å². The fourth-order valence-electron chi connectivity index (χ4n) is 1.42. The van der Waals surface area contributed by atoms with Gasteiger partial charge in [0.2, 0.25) is 0 Å².